The Labute approximate surface area is 110 Å². The van der Waals surface area contributed by atoms with Gasteiger partial charge in [-0.05, 0) is 18.4 Å². The number of unbranched alkanes of at least 4 members (excludes halogenated alkanes) is 5. The van der Waals surface area contributed by atoms with E-state index in [2.05, 4.69) is 19.1 Å². The zero-order valence-electron chi connectivity index (χ0n) is 10.7. The lowest BCUT2D eigenvalue weighted by molar-refractivity contribution is 0.607. The molecule has 0 saturated carbocycles. The van der Waals surface area contributed by atoms with Crippen LogP contribution in [0.3, 0.4) is 0 Å². The van der Waals surface area contributed by atoms with Crippen molar-refractivity contribution in [1.29, 1.82) is 0 Å². The van der Waals surface area contributed by atoms with Crippen LogP contribution in [0.15, 0.2) is 24.3 Å². The lowest BCUT2D eigenvalue weighted by Crippen LogP contribution is -2.08. The SMILES string of the molecule is CCCCCCCCc1ccc(C(N)=S)cc1. The minimum absolute atomic E-state index is 0.483. The van der Waals surface area contributed by atoms with E-state index in [1.165, 1.54) is 50.5 Å². The number of rotatable bonds is 8. The summed E-state index contributed by atoms with van der Waals surface area (Å²) in [4.78, 5) is 0.483. The Bertz CT molecular complexity index is 329. The van der Waals surface area contributed by atoms with Crippen LogP contribution in [0.25, 0.3) is 0 Å². The van der Waals surface area contributed by atoms with E-state index in [0.29, 0.717) is 4.99 Å². The molecule has 0 atom stereocenters. The fourth-order valence-corrected chi connectivity index (χ4v) is 2.08. The minimum Gasteiger partial charge on any atom is -0.389 e. The zero-order valence-corrected chi connectivity index (χ0v) is 11.6. The van der Waals surface area contributed by atoms with Crippen LogP contribution in [0, 0.1) is 0 Å². The average molecular weight is 249 g/mol. The average Bonchev–Trinajstić information content (AvgIpc) is 2.34. The Morgan fingerprint density at radius 1 is 1.00 bits per heavy atom. The van der Waals surface area contributed by atoms with E-state index in [-0.39, 0.29) is 0 Å². The van der Waals surface area contributed by atoms with Crippen molar-refractivity contribution < 1.29 is 0 Å². The van der Waals surface area contributed by atoms with E-state index >= 15 is 0 Å². The second-order valence-electron chi connectivity index (χ2n) is 4.58. The lowest BCUT2D eigenvalue weighted by Gasteiger charge is -2.03. The molecule has 2 heteroatoms. The van der Waals surface area contributed by atoms with Crippen molar-refractivity contribution in [2.75, 3.05) is 0 Å². The van der Waals surface area contributed by atoms with Crippen LogP contribution in [-0.4, -0.2) is 4.99 Å². The van der Waals surface area contributed by atoms with Crippen molar-refractivity contribution in [1.82, 2.24) is 0 Å². The number of aryl methyl sites for hydroxylation is 1. The first kappa shape index (κ1) is 14.2. The molecule has 1 aromatic carbocycles. The summed E-state index contributed by atoms with van der Waals surface area (Å²) in [6.45, 7) is 2.25. The molecule has 0 bridgehead atoms. The highest BCUT2D eigenvalue weighted by molar-refractivity contribution is 7.80. The quantitative estimate of drug-likeness (QED) is 0.551. The molecule has 0 amide bonds. The van der Waals surface area contributed by atoms with Gasteiger partial charge in [0.05, 0.1) is 0 Å². The Kier molecular flexibility index (Phi) is 6.87. The van der Waals surface area contributed by atoms with E-state index in [1.807, 2.05) is 12.1 Å². The van der Waals surface area contributed by atoms with E-state index in [4.69, 9.17) is 18.0 Å². The third-order valence-electron chi connectivity index (χ3n) is 3.06. The third kappa shape index (κ3) is 5.83. The highest BCUT2D eigenvalue weighted by atomic mass is 32.1. The maximum Gasteiger partial charge on any atom is 0.103 e. The molecule has 17 heavy (non-hydrogen) atoms. The lowest BCUT2D eigenvalue weighted by atomic mass is 10.0. The van der Waals surface area contributed by atoms with E-state index in [0.717, 1.165) is 5.56 Å². The van der Waals surface area contributed by atoms with Crippen LogP contribution >= 0.6 is 12.2 Å². The summed E-state index contributed by atoms with van der Waals surface area (Å²) in [5, 5.41) is 0. The Morgan fingerprint density at radius 2 is 1.59 bits per heavy atom. The predicted octanol–water partition coefficient (Wildman–Crippen LogP) is 4.22. The molecule has 1 rings (SSSR count). The fourth-order valence-electron chi connectivity index (χ4n) is 1.95. The largest absolute Gasteiger partial charge is 0.389 e. The summed E-state index contributed by atoms with van der Waals surface area (Å²) in [6, 6.07) is 8.32. The van der Waals surface area contributed by atoms with E-state index < -0.39 is 0 Å². The Balaban J connectivity index is 2.21. The number of nitrogens with two attached hydrogens (primary N) is 1. The molecular weight excluding hydrogens is 226 g/mol. The topological polar surface area (TPSA) is 26.0 Å². The van der Waals surface area contributed by atoms with Crippen molar-refractivity contribution in [2.24, 2.45) is 5.73 Å². The van der Waals surface area contributed by atoms with Gasteiger partial charge in [0.1, 0.15) is 4.99 Å². The first-order valence-electron chi connectivity index (χ1n) is 6.62. The molecule has 94 valence electrons. The van der Waals surface area contributed by atoms with Crippen LogP contribution in [-0.2, 0) is 6.42 Å². The molecule has 0 aromatic heterocycles. The molecule has 0 unspecified atom stereocenters. The fraction of sp³-hybridized carbons (Fsp3) is 0.533. The summed E-state index contributed by atoms with van der Waals surface area (Å²) in [6.07, 6.45) is 9.26. The molecule has 2 N–H and O–H groups in total. The molecule has 1 aromatic rings. The van der Waals surface area contributed by atoms with Gasteiger partial charge in [0.2, 0.25) is 0 Å². The van der Waals surface area contributed by atoms with Gasteiger partial charge in [-0.15, -0.1) is 0 Å². The third-order valence-corrected chi connectivity index (χ3v) is 3.29. The molecule has 0 heterocycles. The number of benzene rings is 1. The first-order valence-corrected chi connectivity index (χ1v) is 7.03. The number of thiocarbonyl (C=S) groups is 1. The van der Waals surface area contributed by atoms with Crippen molar-refractivity contribution >= 4 is 17.2 Å². The van der Waals surface area contributed by atoms with Crippen molar-refractivity contribution in [3.05, 3.63) is 35.4 Å². The summed E-state index contributed by atoms with van der Waals surface area (Å²) in [5.74, 6) is 0. The molecule has 0 aliphatic rings. The van der Waals surface area contributed by atoms with Gasteiger partial charge in [0.15, 0.2) is 0 Å². The second-order valence-corrected chi connectivity index (χ2v) is 5.02. The van der Waals surface area contributed by atoms with Crippen LogP contribution in [0.2, 0.25) is 0 Å². The number of hydrogen-bond donors (Lipinski definition) is 1. The highest BCUT2D eigenvalue weighted by Gasteiger charge is 1.97. The normalized spacial score (nSPS) is 10.4. The molecule has 0 fully saturated rings. The zero-order chi connectivity index (χ0) is 12.5. The van der Waals surface area contributed by atoms with Gasteiger partial charge in [0.25, 0.3) is 0 Å². The van der Waals surface area contributed by atoms with Gasteiger partial charge >= 0.3 is 0 Å². The van der Waals surface area contributed by atoms with Gasteiger partial charge in [-0.25, -0.2) is 0 Å². The maximum atomic E-state index is 5.56. The van der Waals surface area contributed by atoms with Crippen LogP contribution in [0.5, 0.6) is 0 Å². The molecule has 1 nitrogen and oxygen atoms in total. The minimum atomic E-state index is 0.483. The Morgan fingerprint density at radius 3 is 2.18 bits per heavy atom. The smallest absolute Gasteiger partial charge is 0.103 e. The van der Waals surface area contributed by atoms with Gasteiger partial charge < -0.3 is 5.73 Å². The summed E-state index contributed by atoms with van der Waals surface area (Å²) in [5.41, 5.74) is 7.92. The summed E-state index contributed by atoms with van der Waals surface area (Å²) < 4.78 is 0. The molecule has 0 spiro atoms. The Hall–Kier alpha value is -0.890. The number of hydrogen-bond acceptors (Lipinski definition) is 1. The maximum absolute atomic E-state index is 5.56. The molecular formula is C15H23NS. The van der Waals surface area contributed by atoms with Crippen LogP contribution in [0.4, 0.5) is 0 Å². The predicted molar refractivity (Wildman–Crippen MR) is 79.4 cm³/mol. The van der Waals surface area contributed by atoms with E-state index in [9.17, 15) is 0 Å². The second kappa shape index (κ2) is 8.24. The van der Waals surface area contributed by atoms with Gasteiger partial charge in [0, 0.05) is 5.56 Å². The van der Waals surface area contributed by atoms with Crippen molar-refractivity contribution in [2.45, 2.75) is 51.9 Å². The van der Waals surface area contributed by atoms with Crippen LogP contribution < -0.4 is 5.73 Å². The molecule has 0 radical (unpaired) electrons. The van der Waals surface area contributed by atoms with Crippen molar-refractivity contribution in [3.63, 3.8) is 0 Å². The van der Waals surface area contributed by atoms with Gasteiger partial charge in [-0.3, -0.25) is 0 Å². The molecule has 0 aliphatic heterocycles. The monoisotopic (exact) mass is 249 g/mol. The summed E-state index contributed by atoms with van der Waals surface area (Å²) in [7, 11) is 0. The van der Waals surface area contributed by atoms with Crippen LogP contribution in [0.1, 0.15) is 56.6 Å². The molecule has 0 aliphatic carbocycles. The van der Waals surface area contributed by atoms with Gasteiger partial charge in [-0.2, -0.15) is 0 Å². The summed E-state index contributed by atoms with van der Waals surface area (Å²) >= 11 is 4.93. The first-order chi connectivity index (χ1) is 8.24. The van der Waals surface area contributed by atoms with Crippen molar-refractivity contribution in [3.8, 4) is 0 Å². The van der Waals surface area contributed by atoms with Gasteiger partial charge in [-0.1, -0.05) is 75.5 Å². The standard InChI is InChI=1S/C15H23NS/c1-2-3-4-5-6-7-8-13-9-11-14(12-10-13)15(16)17/h9-12H,2-8H2,1H3,(H2,16,17). The highest BCUT2D eigenvalue weighted by Crippen LogP contribution is 2.11. The molecule has 0 saturated heterocycles. The van der Waals surface area contributed by atoms with E-state index in [1.54, 1.807) is 0 Å².